The van der Waals surface area contributed by atoms with Crippen LogP contribution in [0.15, 0.2) is 18.5 Å². The van der Waals surface area contributed by atoms with Crippen molar-refractivity contribution in [2.75, 3.05) is 6.61 Å². The van der Waals surface area contributed by atoms with Gasteiger partial charge in [-0.25, -0.2) is 0 Å². The molecule has 0 aliphatic rings. The van der Waals surface area contributed by atoms with Crippen molar-refractivity contribution in [1.82, 2.24) is 4.57 Å². The maximum absolute atomic E-state index is 12.0. The second-order valence-corrected chi connectivity index (χ2v) is 6.07. The lowest BCUT2D eigenvalue weighted by Gasteiger charge is -2.13. The molecule has 112 valence electrons. The minimum absolute atomic E-state index is 0.0110. The van der Waals surface area contributed by atoms with Gasteiger partial charge in [0.25, 0.3) is 0 Å². The van der Waals surface area contributed by atoms with E-state index < -0.39 is 0 Å². The summed E-state index contributed by atoms with van der Waals surface area (Å²) >= 11 is 29.7. The molecule has 2 rings (SSSR count). The first kappa shape index (κ1) is 16.8. The molecule has 1 heterocycles. The fraction of sp³-hybridized carbons (Fsp3) is 0.154. The van der Waals surface area contributed by atoms with Gasteiger partial charge in [0.05, 0.1) is 15.1 Å². The van der Waals surface area contributed by atoms with Gasteiger partial charge in [0.2, 0.25) is 5.78 Å². The summed E-state index contributed by atoms with van der Waals surface area (Å²) in [4.78, 5) is 12.0. The Bertz CT molecular complexity index is 682. The van der Waals surface area contributed by atoms with Crippen LogP contribution in [-0.4, -0.2) is 17.0 Å². The molecule has 21 heavy (non-hydrogen) atoms. The fourth-order valence-electron chi connectivity index (χ4n) is 1.60. The van der Waals surface area contributed by atoms with E-state index in [4.69, 9.17) is 62.7 Å². The van der Waals surface area contributed by atoms with Crippen molar-refractivity contribution < 1.29 is 9.53 Å². The molecule has 0 radical (unpaired) electrons. The Morgan fingerprint density at radius 3 is 2.05 bits per heavy atom. The normalized spacial score (nSPS) is 10.8. The second kappa shape index (κ2) is 6.67. The molecule has 0 spiro atoms. The zero-order valence-corrected chi connectivity index (χ0v) is 14.4. The van der Waals surface area contributed by atoms with Gasteiger partial charge in [0, 0.05) is 25.0 Å². The lowest BCUT2D eigenvalue weighted by Crippen LogP contribution is -2.11. The highest BCUT2D eigenvalue weighted by Gasteiger charge is 2.21. The second-order valence-electron chi connectivity index (χ2n) is 4.18. The molecule has 0 aliphatic heterocycles. The molecule has 0 unspecified atom stereocenters. The number of carbonyl (C=O) groups excluding carboxylic acids is 1. The van der Waals surface area contributed by atoms with Crippen LogP contribution in [0.1, 0.15) is 10.4 Å². The van der Waals surface area contributed by atoms with Crippen LogP contribution in [0, 0.1) is 0 Å². The fourth-order valence-corrected chi connectivity index (χ4v) is 2.83. The summed E-state index contributed by atoms with van der Waals surface area (Å²) in [6.07, 6.45) is 3.43. The van der Waals surface area contributed by atoms with E-state index in [-0.39, 0.29) is 43.3 Å². The number of nitrogens with zero attached hydrogens (tertiary/aromatic N) is 1. The van der Waals surface area contributed by atoms with E-state index in [1.807, 2.05) is 7.05 Å². The predicted molar refractivity (Wildman–Crippen MR) is 86.7 cm³/mol. The first-order valence-corrected chi connectivity index (χ1v) is 7.51. The summed E-state index contributed by atoms with van der Waals surface area (Å²) in [5, 5.41) is 0.105. The van der Waals surface area contributed by atoms with E-state index >= 15 is 0 Å². The molecule has 1 aromatic heterocycles. The van der Waals surface area contributed by atoms with E-state index in [9.17, 15) is 4.79 Å². The lowest BCUT2D eigenvalue weighted by molar-refractivity contribution is 0.0921. The van der Waals surface area contributed by atoms with Gasteiger partial charge < -0.3 is 9.30 Å². The number of ether oxygens (including phenoxy) is 1. The van der Waals surface area contributed by atoms with Crippen LogP contribution >= 0.6 is 58.0 Å². The molecular weight excluding hydrogens is 379 g/mol. The number of halogens is 5. The molecule has 1 aromatic carbocycles. The Hall–Kier alpha value is -0.580. The van der Waals surface area contributed by atoms with Crippen LogP contribution in [0.4, 0.5) is 0 Å². The summed E-state index contributed by atoms with van der Waals surface area (Å²) < 4.78 is 7.11. The van der Waals surface area contributed by atoms with E-state index in [0.29, 0.717) is 5.56 Å². The highest BCUT2D eigenvalue weighted by atomic mass is 35.5. The van der Waals surface area contributed by atoms with Gasteiger partial charge in [0.15, 0.2) is 12.4 Å². The summed E-state index contributed by atoms with van der Waals surface area (Å²) in [7, 11) is 1.81. The number of Topliss-reactive ketones (excluding diaryl/α,β-unsaturated/α-hetero) is 1. The largest absolute Gasteiger partial charge is 0.482 e. The van der Waals surface area contributed by atoms with Gasteiger partial charge in [-0.1, -0.05) is 58.0 Å². The minimum Gasteiger partial charge on any atom is -0.482 e. The topological polar surface area (TPSA) is 31.2 Å². The van der Waals surface area contributed by atoms with E-state index in [0.717, 1.165) is 0 Å². The van der Waals surface area contributed by atoms with Crippen molar-refractivity contribution in [3.05, 3.63) is 49.1 Å². The Kier molecular flexibility index (Phi) is 5.33. The average molecular weight is 387 g/mol. The third kappa shape index (κ3) is 3.43. The number of rotatable bonds is 4. The van der Waals surface area contributed by atoms with Gasteiger partial charge >= 0.3 is 0 Å². The zero-order valence-electron chi connectivity index (χ0n) is 10.6. The molecule has 0 aliphatic carbocycles. The van der Waals surface area contributed by atoms with Crippen molar-refractivity contribution in [3.63, 3.8) is 0 Å². The number of aryl methyl sites for hydroxylation is 1. The Labute approximate surface area is 146 Å². The third-order valence-corrected chi connectivity index (χ3v) is 4.91. The van der Waals surface area contributed by atoms with Crippen molar-refractivity contribution in [3.8, 4) is 5.75 Å². The van der Waals surface area contributed by atoms with Gasteiger partial charge in [0.1, 0.15) is 10.0 Å². The molecule has 0 amide bonds. The minimum atomic E-state index is -0.252. The van der Waals surface area contributed by atoms with E-state index in [1.165, 1.54) is 0 Å². The van der Waals surface area contributed by atoms with Crippen LogP contribution in [-0.2, 0) is 7.05 Å². The van der Waals surface area contributed by atoms with Gasteiger partial charge in [-0.05, 0) is 6.07 Å². The number of carbonyl (C=O) groups is 1. The molecular formula is C13H8Cl5NO2. The predicted octanol–water partition coefficient (Wildman–Crippen LogP) is 5.55. The first-order valence-electron chi connectivity index (χ1n) is 5.62. The molecule has 3 nitrogen and oxygen atoms in total. The number of hydrogen-bond acceptors (Lipinski definition) is 2. The van der Waals surface area contributed by atoms with Crippen LogP contribution < -0.4 is 4.74 Å². The van der Waals surface area contributed by atoms with Crippen molar-refractivity contribution in [1.29, 1.82) is 0 Å². The number of ketones is 1. The maximum atomic E-state index is 12.0. The molecule has 2 aromatic rings. The zero-order chi connectivity index (χ0) is 15.7. The van der Waals surface area contributed by atoms with Gasteiger partial charge in [-0.2, -0.15) is 0 Å². The highest BCUT2D eigenvalue weighted by Crippen LogP contribution is 2.48. The van der Waals surface area contributed by atoms with Crippen LogP contribution in [0.3, 0.4) is 0 Å². The molecule has 0 bridgehead atoms. The van der Waals surface area contributed by atoms with Gasteiger partial charge in [-0.15, -0.1) is 0 Å². The number of hydrogen-bond donors (Lipinski definition) is 0. The summed E-state index contributed by atoms with van der Waals surface area (Å²) in [6.45, 7) is -0.252. The van der Waals surface area contributed by atoms with Crippen LogP contribution in [0.2, 0.25) is 25.1 Å². The van der Waals surface area contributed by atoms with E-state index in [2.05, 4.69) is 0 Å². The lowest BCUT2D eigenvalue weighted by atomic mass is 10.2. The summed E-state index contributed by atoms with van der Waals surface area (Å²) in [6, 6.07) is 1.68. The van der Waals surface area contributed by atoms with Crippen molar-refractivity contribution >= 4 is 63.8 Å². The molecule has 0 saturated carbocycles. The molecule has 0 atom stereocenters. The summed E-state index contributed by atoms with van der Waals surface area (Å²) in [5.41, 5.74) is 0.510. The molecule has 0 saturated heterocycles. The van der Waals surface area contributed by atoms with Crippen LogP contribution in [0.5, 0.6) is 5.75 Å². The number of aromatic nitrogens is 1. The quantitative estimate of drug-likeness (QED) is 0.391. The van der Waals surface area contributed by atoms with Crippen molar-refractivity contribution in [2.45, 2.75) is 0 Å². The van der Waals surface area contributed by atoms with Gasteiger partial charge in [-0.3, -0.25) is 4.79 Å². The smallest absolute Gasteiger partial charge is 0.201 e. The molecule has 0 N–H and O–H groups in total. The highest BCUT2D eigenvalue weighted by molar-refractivity contribution is 6.55. The Morgan fingerprint density at radius 2 is 1.57 bits per heavy atom. The summed E-state index contributed by atoms with van der Waals surface area (Å²) in [5.74, 6) is -0.202. The van der Waals surface area contributed by atoms with E-state index in [1.54, 1.807) is 23.0 Å². The van der Waals surface area contributed by atoms with Crippen LogP contribution in [0.25, 0.3) is 0 Å². The maximum Gasteiger partial charge on any atom is 0.201 e. The average Bonchev–Trinajstić information content (AvgIpc) is 2.89. The Morgan fingerprint density at radius 1 is 1.05 bits per heavy atom. The SMILES string of the molecule is Cn1ccc(C(=O)COc2c(Cl)c(Cl)c(Cl)c(Cl)c2Cl)c1. The Balaban J connectivity index is 2.23. The third-order valence-electron chi connectivity index (χ3n) is 2.67. The molecule has 8 heteroatoms. The molecule has 0 fully saturated rings. The van der Waals surface area contributed by atoms with Crippen molar-refractivity contribution in [2.24, 2.45) is 7.05 Å². The first-order chi connectivity index (χ1) is 9.82. The monoisotopic (exact) mass is 385 g/mol. The number of benzene rings is 1. The standard InChI is InChI=1S/C13H8Cl5NO2/c1-19-3-2-6(4-19)7(20)5-21-13-11(17)9(15)8(14)10(16)12(13)18/h2-4H,5H2,1H3.